The smallest absolute Gasteiger partial charge is 0.342 e. The third kappa shape index (κ3) is 5.04. The predicted octanol–water partition coefficient (Wildman–Crippen LogP) is 4.87. The Morgan fingerprint density at radius 1 is 0.964 bits per heavy atom. The monoisotopic (exact) mass is 375 g/mol. The second-order valence-corrected chi connectivity index (χ2v) is 6.23. The van der Waals surface area contributed by atoms with Crippen molar-refractivity contribution in [3.8, 4) is 11.5 Å². The van der Waals surface area contributed by atoms with Crippen molar-refractivity contribution >= 4 is 11.8 Å². The normalized spacial score (nSPS) is 10.3. The van der Waals surface area contributed by atoms with E-state index < -0.39 is 5.97 Å². The molecule has 142 valence electrons. The van der Waals surface area contributed by atoms with Crippen molar-refractivity contribution in [2.75, 3.05) is 6.61 Å². The van der Waals surface area contributed by atoms with Crippen LogP contribution in [0.3, 0.4) is 0 Å². The van der Waals surface area contributed by atoms with Gasteiger partial charge in [0.2, 0.25) is 0 Å². The number of pyridine rings is 1. The fourth-order valence-electron chi connectivity index (χ4n) is 2.70. The quantitative estimate of drug-likeness (QED) is 0.415. The van der Waals surface area contributed by atoms with Gasteiger partial charge in [0.15, 0.2) is 12.4 Å². The number of ketones is 1. The molecule has 0 N–H and O–H groups in total. The van der Waals surface area contributed by atoms with E-state index in [2.05, 4.69) is 11.9 Å². The summed E-state index contributed by atoms with van der Waals surface area (Å²) in [6.07, 6.45) is 5.20. The van der Waals surface area contributed by atoms with Gasteiger partial charge in [-0.2, -0.15) is 0 Å². The Balaban J connectivity index is 1.64. The number of aryl methyl sites for hydroxylation is 1. The molecule has 3 rings (SSSR count). The molecule has 0 aliphatic heterocycles. The molecule has 5 nitrogen and oxygen atoms in total. The number of hydrogen-bond acceptors (Lipinski definition) is 5. The zero-order valence-electron chi connectivity index (χ0n) is 15.6. The summed E-state index contributed by atoms with van der Waals surface area (Å²) >= 11 is 0. The Bertz CT molecular complexity index is 936. The summed E-state index contributed by atoms with van der Waals surface area (Å²) in [4.78, 5) is 28.7. The van der Waals surface area contributed by atoms with Crippen LogP contribution in [0.1, 0.15) is 39.6 Å². The Morgan fingerprint density at radius 2 is 1.75 bits per heavy atom. The van der Waals surface area contributed by atoms with Crippen LogP contribution in [0.2, 0.25) is 0 Å². The molecule has 5 heteroatoms. The lowest BCUT2D eigenvalue weighted by atomic mass is 10.1. The Kier molecular flexibility index (Phi) is 6.52. The van der Waals surface area contributed by atoms with Crippen molar-refractivity contribution in [3.05, 3.63) is 89.7 Å². The topological polar surface area (TPSA) is 65.5 Å². The Labute approximate surface area is 164 Å². The first-order valence-corrected chi connectivity index (χ1v) is 9.13. The lowest BCUT2D eigenvalue weighted by Gasteiger charge is -2.10. The first kappa shape index (κ1) is 19.3. The van der Waals surface area contributed by atoms with Crippen molar-refractivity contribution in [3.63, 3.8) is 0 Å². The van der Waals surface area contributed by atoms with Crippen molar-refractivity contribution in [2.45, 2.75) is 19.8 Å². The van der Waals surface area contributed by atoms with Crippen LogP contribution in [0, 0.1) is 0 Å². The molecule has 0 saturated carbocycles. The Morgan fingerprint density at radius 3 is 2.46 bits per heavy atom. The molecule has 0 fully saturated rings. The van der Waals surface area contributed by atoms with Crippen LogP contribution < -0.4 is 4.74 Å². The fourth-order valence-corrected chi connectivity index (χ4v) is 2.70. The minimum absolute atomic E-state index is 0.248. The first-order chi connectivity index (χ1) is 13.7. The van der Waals surface area contributed by atoms with Crippen molar-refractivity contribution in [1.82, 2.24) is 4.98 Å². The number of benzene rings is 2. The summed E-state index contributed by atoms with van der Waals surface area (Å²) < 4.78 is 10.9. The van der Waals surface area contributed by atoms with Gasteiger partial charge >= 0.3 is 5.97 Å². The van der Waals surface area contributed by atoms with Gasteiger partial charge in [-0.05, 0) is 36.2 Å². The van der Waals surface area contributed by atoms with E-state index in [1.165, 1.54) is 5.56 Å². The van der Waals surface area contributed by atoms with Crippen LogP contribution in [0.25, 0.3) is 0 Å². The molecular formula is C23H21NO4. The number of carbonyl (C=O) groups is 2. The van der Waals surface area contributed by atoms with E-state index in [4.69, 9.17) is 9.47 Å². The number of nitrogens with zero attached hydrogens (tertiary/aromatic N) is 1. The summed E-state index contributed by atoms with van der Waals surface area (Å²) in [5, 5.41) is 0. The van der Waals surface area contributed by atoms with Gasteiger partial charge in [0.05, 0.1) is 6.20 Å². The molecule has 0 radical (unpaired) electrons. The summed E-state index contributed by atoms with van der Waals surface area (Å²) in [5.74, 6) is -0.0136. The highest BCUT2D eigenvalue weighted by Crippen LogP contribution is 2.25. The minimum Gasteiger partial charge on any atom is -0.455 e. The maximum Gasteiger partial charge on any atom is 0.342 e. The third-order valence-corrected chi connectivity index (χ3v) is 4.12. The largest absolute Gasteiger partial charge is 0.455 e. The van der Waals surface area contributed by atoms with E-state index in [0.717, 1.165) is 12.8 Å². The zero-order chi connectivity index (χ0) is 19.8. The van der Waals surface area contributed by atoms with E-state index in [9.17, 15) is 9.59 Å². The van der Waals surface area contributed by atoms with E-state index in [0.29, 0.717) is 17.1 Å². The molecule has 0 unspecified atom stereocenters. The molecule has 1 aromatic heterocycles. The highest BCUT2D eigenvalue weighted by atomic mass is 16.5. The second kappa shape index (κ2) is 9.46. The second-order valence-electron chi connectivity index (χ2n) is 6.23. The molecule has 0 atom stereocenters. The van der Waals surface area contributed by atoms with Gasteiger partial charge in [0, 0.05) is 11.8 Å². The highest BCUT2D eigenvalue weighted by molar-refractivity contribution is 6.00. The molecule has 0 amide bonds. The first-order valence-electron chi connectivity index (χ1n) is 9.13. The average Bonchev–Trinajstić information content (AvgIpc) is 2.74. The van der Waals surface area contributed by atoms with Crippen LogP contribution in [0.4, 0.5) is 0 Å². The maximum absolute atomic E-state index is 12.5. The van der Waals surface area contributed by atoms with Gasteiger partial charge in [-0.3, -0.25) is 9.78 Å². The van der Waals surface area contributed by atoms with Crippen LogP contribution in [-0.2, 0) is 11.2 Å². The van der Waals surface area contributed by atoms with E-state index in [1.54, 1.807) is 60.9 Å². The van der Waals surface area contributed by atoms with Gasteiger partial charge in [-0.1, -0.05) is 49.7 Å². The number of carbonyl (C=O) groups excluding carboxylic acids is 2. The molecule has 0 spiro atoms. The number of para-hydroxylation sites is 1. The predicted molar refractivity (Wildman–Crippen MR) is 106 cm³/mol. The zero-order valence-corrected chi connectivity index (χ0v) is 15.6. The van der Waals surface area contributed by atoms with Gasteiger partial charge < -0.3 is 9.47 Å². The van der Waals surface area contributed by atoms with E-state index in [-0.39, 0.29) is 18.0 Å². The van der Waals surface area contributed by atoms with Gasteiger partial charge in [-0.25, -0.2) is 4.79 Å². The minimum atomic E-state index is -0.615. The van der Waals surface area contributed by atoms with Gasteiger partial charge in [0.25, 0.3) is 0 Å². The average molecular weight is 375 g/mol. The van der Waals surface area contributed by atoms with Gasteiger partial charge in [0.1, 0.15) is 17.1 Å². The number of esters is 1. The molecule has 0 saturated heterocycles. The Hall–Kier alpha value is -3.47. The number of hydrogen-bond donors (Lipinski definition) is 0. The highest BCUT2D eigenvalue weighted by Gasteiger charge is 2.16. The van der Waals surface area contributed by atoms with Crippen molar-refractivity contribution in [1.29, 1.82) is 0 Å². The van der Waals surface area contributed by atoms with E-state index >= 15 is 0 Å². The molecule has 0 aliphatic rings. The molecule has 3 aromatic rings. The number of Topliss-reactive ketones (excluding diaryl/α,β-unsaturated/α-hetero) is 1. The standard InChI is InChI=1S/C23H21NO4/c1-2-6-17-10-12-18(13-11-17)21(25)16-27-23(26)20-8-3-4-9-22(20)28-19-7-5-14-24-15-19/h3-5,7-15H,2,6,16H2,1H3. The molecule has 0 bridgehead atoms. The number of rotatable bonds is 8. The van der Waals surface area contributed by atoms with Crippen molar-refractivity contribution < 1.29 is 19.1 Å². The molecular weight excluding hydrogens is 354 g/mol. The summed E-state index contributed by atoms with van der Waals surface area (Å²) in [5.41, 5.74) is 1.95. The van der Waals surface area contributed by atoms with Crippen LogP contribution in [-0.4, -0.2) is 23.3 Å². The lowest BCUT2D eigenvalue weighted by Crippen LogP contribution is -2.15. The molecule has 0 aliphatic carbocycles. The third-order valence-electron chi connectivity index (χ3n) is 4.12. The van der Waals surface area contributed by atoms with Crippen LogP contribution in [0.5, 0.6) is 11.5 Å². The molecule has 1 heterocycles. The number of aromatic nitrogens is 1. The van der Waals surface area contributed by atoms with Crippen molar-refractivity contribution in [2.24, 2.45) is 0 Å². The fraction of sp³-hybridized carbons (Fsp3) is 0.174. The van der Waals surface area contributed by atoms with Crippen LogP contribution >= 0.6 is 0 Å². The lowest BCUT2D eigenvalue weighted by molar-refractivity contribution is 0.0472. The number of ether oxygens (including phenoxy) is 2. The molecule has 2 aromatic carbocycles. The van der Waals surface area contributed by atoms with E-state index in [1.807, 2.05) is 12.1 Å². The summed E-state index contributed by atoms with van der Waals surface area (Å²) in [7, 11) is 0. The van der Waals surface area contributed by atoms with Crippen LogP contribution in [0.15, 0.2) is 73.1 Å². The maximum atomic E-state index is 12.5. The SMILES string of the molecule is CCCc1ccc(C(=O)COC(=O)c2ccccc2Oc2cccnc2)cc1. The van der Waals surface area contributed by atoms with Gasteiger partial charge in [-0.15, -0.1) is 0 Å². The molecule has 28 heavy (non-hydrogen) atoms. The summed E-state index contributed by atoms with van der Waals surface area (Å²) in [6, 6.07) is 17.6. The summed E-state index contributed by atoms with van der Waals surface area (Å²) in [6.45, 7) is 1.78.